The van der Waals surface area contributed by atoms with Gasteiger partial charge in [-0.1, -0.05) is 0 Å². The summed E-state index contributed by atoms with van der Waals surface area (Å²) in [6.45, 7) is 20.0. The molecule has 31 heavy (non-hydrogen) atoms. The summed E-state index contributed by atoms with van der Waals surface area (Å²) in [7, 11) is 0. The number of nitrogen functional groups attached to an aromatic ring is 1. The van der Waals surface area contributed by atoms with E-state index >= 15 is 0 Å². The van der Waals surface area contributed by atoms with Crippen LogP contribution in [0.5, 0.6) is 0 Å². The second kappa shape index (κ2) is 9.21. The van der Waals surface area contributed by atoms with Crippen molar-refractivity contribution < 1.29 is 0 Å². The highest BCUT2D eigenvalue weighted by molar-refractivity contribution is 5.97. The van der Waals surface area contributed by atoms with E-state index in [-0.39, 0.29) is 16.9 Å². The molecule has 0 spiro atoms. The van der Waals surface area contributed by atoms with Gasteiger partial charge in [0.1, 0.15) is 5.84 Å². The molecule has 0 aliphatic carbocycles. The van der Waals surface area contributed by atoms with Crippen LogP contribution in [0.4, 0.5) is 0 Å². The second-order valence-electron chi connectivity index (χ2n) is 9.70. The van der Waals surface area contributed by atoms with Crippen LogP contribution < -0.4 is 17.2 Å². The lowest BCUT2D eigenvalue weighted by atomic mass is 9.83. The van der Waals surface area contributed by atoms with Crippen molar-refractivity contribution in [2.75, 3.05) is 0 Å². The minimum atomic E-state index is -0.367. The summed E-state index contributed by atoms with van der Waals surface area (Å²) in [5.41, 5.74) is 27.6. The van der Waals surface area contributed by atoms with E-state index in [1.165, 1.54) is 0 Å². The van der Waals surface area contributed by atoms with Gasteiger partial charge in [0.2, 0.25) is 0 Å². The van der Waals surface area contributed by atoms with Crippen LogP contribution in [0.3, 0.4) is 0 Å². The van der Waals surface area contributed by atoms with Crippen LogP contribution in [0, 0.1) is 58.3 Å². The smallest absolute Gasteiger partial charge is 0.123 e. The molecule has 0 atom stereocenters. The monoisotopic (exact) mass is 421 g/mol. The fourth-order valence-electron chi connectivity index (χ4n) is 4.54. The minimum absolute atomic E-state index is 0.116. The molecule has 0 fully saturated rings. The molecular weight excluding hydrogens is 382 g/mol. The SMILES string of the molecule is Cc1cc(C#N)c(C)c(C)c1C(C)(C)N.Cc1cc(C(=N)N)c(C)c(C)c1C(C)(C)N. The number of aryl methyl sites for hydroxylation is 2. The van der Waals surface area contributed by atoms with Gasteiger partial charge in [0.05, 0.1) is 11.6 Å². The van der Waals surface area contributed by atoms with Crippen LogP contribution in [0.15, 0.2) is 12.1 Å². The van der Waals surface area contributed by atoms with Crippen LogP contribution in [-0.4, -0.2) is 5.84 Å². The van der Waals surface area contributed by atoms with Crippen molar-refractivity contribution in [1.82, 2.24) is 0 Å². The molecule has 168 valence electrons. The predicted octanol–water partition coefficient (Wildman–Crippen LogP) is 4.77. The van der Waals surface area contributed by atoms with E-state index in [0.29, 0.717) is 0 Å². The van der Waals surface area contributed by atoms with Gasteiger partial charge in [0.15, 0.2) is 0 Å². The molecule has 0 bridgehead atoms. The third-order valence-electron chi connectivity index (χ3n) is 5.89. The topological polar surface area (TPSA) is 126 Å². The molecule has 0 saturated carbocycles. The van der Waals surface area contributed by atoms with Gasteiger partial charge in [-0.2, -0.15) is 5.26 Å². The molecular formula is C26H39N5. The van der Waals surface area contributed by atoms with Gasteiger partial charge in [-0.3, -0.25) is 5.41 Å². The summed E-state index contributed by atoms with van der Waals surface area (Å²) in [5, 5.41) is 16.5. The molecule has 0 radical (unpaired) electrons. The van der Waals surface area contributed by atoms with Crippen molar-refractivity contribution in [1.29, 1.82) is 10.7 Å². The quantitative estimate of drug-likeness (QED) is 0.421. The van der Waals surface area contributed by atoms with Crippen molar-refractivity contribution in [2.24, 2.45) is 17.2 Å². The Bertz CT molecular complexity index is 1040. The molecule has 0 aliphatic rings. The Kier molecular flexibility index (Phi) is 7.83. The zero-order chi connectivity index (χ0) is 24.5. The van der Waals surface area contributed by atoms with Crippen LogP contribution in [0.25, 0.3) is 0 Å². The first-order valence-corrected chi connectivity index (χ1v) is 10.5. The highest BCUT2D eigenvalue weighted by Crippen LogP contribution is 2.30. The average Bonchev–Trinajstić information content (AvgIpc) is 2.59. The standard InChI is InChI=1S/C13H21N3.C13H18N2/c1-7-6-10(12(14)15)8(2)9(3)11(7)13(4,5)16;1-8-6-11(7-14)9(2)10(3)12(8)13(4,5)15/h6H,16H2,1-5H3,(H3,14,15);6H,15H2,1-5H3. The predicted molar refractivity (Wildman–Crippen MR) is 131 cm³/mol. The van der Waals surface area contributed by atoms with E-state index in [2.05, 4.69) is 6.07 Å². The summed E-state index contributed by atoms with van der Waals surface area (Å²) in [6, 6.07) is 6.09. The summed E-state index contributed by atoms with van der Waals surface area (Å²) < 4.78 is 0. The molecule has 7 N–H and O–H groups in total. The summed E-state index contributed by atoms with van der Waals surface area (Å²) in [5.74, 6) is 0.116. The summed E-state index contributed by atoms with van der Waals surface area (Å²) >= 11 is 0. The van der Waals surface area contributed by atoms with Crippen LogP contribution >= 0.6 is 0 Å². The van der Waals surface area contributed by atoms with Gasteiger partial charge < -0.3 is 17.2 Å². The van der Waals surface area contributed by atoms with Gasteiger partial charge in [-0.05, 0) is 126 Å². The lowest BCUT2D eigenvalue weighted by Crippen LogP contribution is -2.31. The molecule has 5 heteroatoms. The van der Waals surface area contributed by atoms with E-state index in [0.717, 1.165) is 55.6 Å². The molecule has 0 saturated heterocycles. The summed E-state index contributed by atoms with van der Waals surface area (Å²) in [4.78, 5) is 0. The number of nitrogens with two attached hydrogens (primary N) is 3. The highest BCUT2D eigenvalue weighted by Gasteiger charge is 2.23. The van der Waals surface area contributed by atoms with Gasteiger partial charge in [-0.15, -0.1) is 0 Å². The lowest BCUT2D eigenvalue weighted by Gasteiger charge is -2.26. The maximum Gasteiger partial charge on any atom is 0.123 e. The van der Waals surface area contributed by atoms with E-state index in [1.54, 1.807) is 0 Å². The first kappa shape index (κ1) is 26.4. The van der Waals surface area contributed by atoms with Gasteiger partial charge in [-0.25, -0.2) is 0 Å². The van der Waals surface area contributed by atoms with Crippen LogP contribution in [0.1, 0.15) is 83.3 Å². The van der Waals surface area contributed by atoms with Gasteiger partial charge in [0.25, 0.3) is 0 Å². The molecule has 0 unspecified atom stereocenters. The molecule has 0 amide bonds. The second-order valence-corrected chi connectivity index (χ2v) is 9.70. The first-order chi connectivity index (χ1) is 13.9. The normalized spacial score (nSPS) is 11.5. The van der Waals surface area contributed by atoms with Crippen molar-refractivity contribution >= 4 is 5.84 Å². The number of hydrogen-bond acceptors (Lipinski definition) is 4. The molecule has 2 rings (SSSR count). The Morgan fingerprint density at radius 3 is 1.52 bits per heavy atom. The maximum atomic E-state index is 8.98. The molecule has 0 heterocycles. The molecule has 2 aromatic carbocycles. The zero-order valence-electron chi connectivity index (χ0n) is 20.8. The minimum Gasteiger partial charge on any atom is -0.384 e. The van der Waals surface area contributed by atoms with E-state index < -0.39 is 0 Å². The van der Waals surface area contributed by atoms with E-state index in [4.69, 9.17) is 27.9 Å². The number of hydrogen-bond donors (Lipinski definition) is 4. The fraction of sp³-hybridized carbons (Fsp3) is 0.462. The number of amidine groups is 1. The number of nitrogens with zero attached hydrogens (tertiary/aromatic N) is 1. The van der Waals surface area contributed by atoms with E-state index in [1.807, 2.05) is 81.4 Å². The first-order valence-electron chi connectivity index (χ1n) is 10.5. The molecule has 0 aliphatic heterocycles. The molecule has 0 aromatic heterocycles. The number of benzene rings is 2. The van der Waals surface area contributed by atoms with Crippen LogP contribution in [0.2, 0.25) is 0 Å². The lowest BCUT2D eigenvalue weighted by molar-refractivity contribution is 0.546. The highest BCUT2D eigenvalue weighted by atomic mass is 14.7. The Hall–Kier alpha value is -2.68. The zero-order valence-corrected chi connectivity index (χ0v) is 20.8. The van der Waals surface area contributed by atoms with Crippen molar-refractivity contribution in [3.8, 4) is 6.07 Å². The van der Waals surface area contributed by atoms with Crippen molar-refractivity contribution in [3.05, 3.63) is 67.8 Å². The Balaban J connectivity index is 0.000000311. The third-order valence-corrected chi connectivity index (χ3v) is 5.89. The summed E-state index contributed by atoms with van der Waals surface area (Å²) in [6.07, 6.45) is 0. The average molecular weight is 422 g/mol. The van der Waals surface area contributed by atoms with Crippen LogP contribution in [-0.2, 0) is 11.1 Å². The molecule has 5 nitrogen and oxygen atoms in total. The third kappa shape index (κ3) is 5.72. The fourth-order valence-corrected chi connectivity index (χ4v) is 4.54. The Morgan fingerprint density at radius 1 is 0.774 bits per heavy atom. The maximum absolute atomic E-state index is 8.98. The number of nitriles is 1. The van der Waals surface area contributed by atoms with E-state index in [9.17, 15) is 0 Å². The van der Waals surface area contributed by atoms with Crippen molar-refractivity contribution in [2.45, 2.75) is 80.3 Å². The van der Waals surface area contributed by atoms with Gasteiger partial charge in [0, 0.05) is 16.6 Å². The number of rotatable bonds is 3. The Labute approximate surface area is 188 Å². The number of nitrogens with one attached hydrogen (secondary N) is 1. The van der Waals surface area contributed by atoms with Crippen molar-refractivity contribution in [3.63, 3.8) is 0 Å². The largest absolute Gasteiger partial charge is 0.384 e. The van der Waals surface area contributed by atoms with Gasteiger partial charge >= 0.3 is 0 Å². The molecule has 2 aromatic rings. The Morgan fingerprint density at radius 2 is 1.16 bits per heavy atom.